The monoisotopic (exact) mass is 848 g/mol. The van der Waals surface area contributed by atoms with Crippen molar-refractivity contribution in [2.24, 2.45) is 0 Å². The Morgan fingerprint density at radius 2 is 1.75 bits per heavy atom. The number of hydrogen-bond acceptors (Lipinski definition) is 11. The van der Waals surface area contributed by atoms with Crippen LogP contribution in [-0.4, -0.2) is 95.4 Å². The number of hydrogen-bond donors (Lipinski definition) is 4. The number of imide groups is 1. The lowest BCUT2D eigenvalue weighted by molar-refractivity contribution is -0.138. The smallest absolute Gasteiger partial charge is 0.417 e. The summed E-state index contributed by atoms with van der Waals surface area (Å²) < 4.78 is 47.9. The predicted molar refractivity (Wildman–Crippen MR) is 226 cm³/mol. The number of alkyl halides is 3. The van der Waals surface area contributed by atoms with Crippen molar-refractivity contribution in [2.45, 2.75) is 96.1 Å². The van der Waals surface area contributed by atoms with Gasteiger partial charge in [-0.25, -0.2) is 0 Å². The molecule has 0 aromatic heterocycles. The number of nitriles is 1. The Labute approximate surface area is 353 Å². The number of nitrogens with zero attached hydrogens (tertiary/aromatic N) is 5. The van der Waals surface area contributed by atoms with Gasteiger partial charge in [-0.15, -0.1) is 12.6 Å². The van der Waals surface area contributed by atoms with Gasteiger partial charge >= 0.3 is 6.18 Å². The van der Waals surface area contributed by atoms with Crippen molar-refractivity contribution in [1.82, 2.24) is 15.1 Å². The van der Waals surface area contributed by atoms with E-state index in [1.165, 1.54) is 11.0 Å². The molecule has 13 nitrogen and oxygen atoms in total. The highest BCUT2D eigenvalue weighted by molar-refractivity contribution is 7.81. The number of benzene rings is 3. The number of carbonyl (C=O) groups excluding carboxylic acids is 4. The number of anilines is 4. The summed E-state index contributed by atoms with van der Waals surface area (Å²) in [7, 11) is 0. The van der Waals surface area contributed by atoms with E-state index in [0.717, 1.165) is 36.3 Å². The average molecular weight is 849 g/mol. The lowest BCUT2D eigenvalue weighted by atomic mass is 9.98. The number of piperazine rings is 1. The normalized spacial score (nSPS) is 22.4. The lowest BCUT2D eigenvalue weighted by Gasteiger charge is -2.44. The molecule has 3 fully saturated rings. The maximum Gasteiger partial charge on any atom is 0.417 e. The van der Waals surface area contributed by atoms with E-state index < -0.39 is 40.3 Å². The largest absolute Gasteiger partial charge is 0.492 e. The van der Waals surface area contributed by atoms with Gasteiger partial charge in [0.05, 0.1) is 23.7 Å². The average Bonchev–Trinajstić information content (AvgIpc) is 3.35. The molecule has 60 heavy (non-hydrogen) atoms. The summed E-state index contributed by atoms with van der Waals surface area (Å²) in [6.07, 6.45) is -3.50. The summed E-state index contributed by atoms with van der Waals surface area (Å²) in [6.45, 7) is 14.3. The number of nitrogens with one attached hydrogen (secondary N) is 3. The number of carbonyl (C=O) groups is 4. The number of thiol groups is 1. The van der Waals surface area contributed by atoms with Crippen LogP contribution in [0.5, 0.6) is 5.75 Å². The fraction of sp³-hybridized carbons (Fsp3) is 0.465. The Bertz CT molecular complexity index is 2180. The van der Waals surface area contributed by atoms with Crippen LogP contribution in [0.1, 0.15) is 69.7 Å². The van der Waals surface area contributed by atoms with Crippen molar-refractivity contribution in [3.63, 3.8) is 0 Å². The third-order valence-corrected chi connectivity index (χ3v) is 12.0. The second-order valence-electron chi connectivity index (χ2n) is 16.1. The quantitative estimate of drug-likeness (QED) is 0.128. The molecule has 3 saturated heterocycles. The van der Waals surface area contributed by atoms with Gasteiger partial charge in [0.25, 0.3) is 5.91 Å². The van der Waals surface area contributed by atoms with Crippen molar-refractivity contribution in [1.29, 1.82) is 5.26 Å². The highest BCUT2D eigenvalue weighted by Gasteiger charge is 2.52. The van der Waals surface area contributed by atoms with E-state index in [0.29, 0.717) is 48.8 Å². The van der Waals surface area contributed by atoms with Crippen LogP contribution in [0.25, 0.3) is 0 Å². The first-order chi connectivity index (χ1) is 28.3. The Hall–Kier alpha value is -5.31. The van der Waals surface area contributed by atoms with Crippen molar-refractivity contribution < 1.29 is 37.1 Å². The number of rotatable bonds is 12. The molecule has 0 bridgehead atoms. The van der Waals surface area contributed by atoms with Gasteiger partial charge in [-0.05, 0) is 107 Å². The SMILES string of the molecule is CCc1c(OCCN2C[C@@H](C)N(CC(=O)Nc3cccc(NC4CCC(=O)NC4=O)c3)[C@@H](C)C2)ccc(N2C(S)N(c3ccc(C#N)c(C(F)(F)F)c3)C(=O)C2(C)C)c1C. The topological polar surface area (TPSA) is 150 Å². The maximum absolute atomic E-state index is 13.9. The molecule has 17 heteroatoms. The molecule has 3 heterocycles. The summed E-state index contributed by atoms with van der Waals surface area (Å²) in [5, 5.41) is 17.7. The van der Waals surface area contributed by atoms with Gasteiger partial charge in [0, 0.05) is 60.9 Å². The molecule has 320 valence electrons. The molecule has 0 saturated carbocycles. The number of piperidine rings is 1. The van der Waals surface area contributed by atoms with Gasteiger partial charge in [0.1, 0.15) is 23.9 Å². The molecule has 2 unspecified atom stereocenters. The summed E-state index contributed by atoms with van der Waals surface area (Å²) in [4.78, 5) is 58.3. The molecule has 3 N–H and O–H groups in total. The molecule has 4 amide bonds. The van der Waals surface area contributed by atoms with Gasteiger partial charge in [-0.2, -0.15) is 18.4 Å². The molecule has 0 aliphatic carbocycles. The molecule has 6 rings (SSSR count). The molecule has 4 atom stereocenters. The molecular weight excluding hydrogens is 798 g/mol. The maximum atomic E-state index is 13.9. The minimum absolute atomic E-state index is 0.00757. The summed E-state index contributed by atoms with van der Waals surface area (Å²) in [6, 6.07) is 15.3. The molecule has 0 spiro atoms. The third-order valence-electron chi connectivity index (χ3n) is 11.5. The summed E-state index contributed by atoms with van der Waals surface area (Å²) in [5.41, 5.74) is -0.0125. The Kier molecular flexibility index (Phi) is 13.1. The molecule has 3 aliphatic heterocycles. The van der Waals surface area contributed by atoms with Crippen LogP contribution in [0.2, 0.25) is 0 Å². The van der Waals surface area contributed by atoms with Gasteiger partial charge in [0.2, 0.25) is 17.7 Å². The van der Waals surface area contributed by atoms with Crippen LogP contribution in [-0.2, 0) is 31.8 Å². The van der Waals surface area contributed by atoms with Crippen LogP contribution in [0.3, 0.4) is 0 Å². The first kappa shape index (κ1) is 44.2. The highest BCUT2D eigenvalue weighted by atomic mass is 32.1. The molecule has 0 radical (unpaired) electrons. The minimum Gasteiger partial charge on any atom is -0.492 e. The molecular formula is C43H51F3N8O5S. The van der Waals surface area contributed by atoms with Crippen molar-refractivity contribution in [3.05, 3.63) is 76.9 Å². The van der Waals surface area contributed by atoms with E-state index in [4.69, 9.17) is 17.4 Å². The van der Waals surface area contributed by atoms with Gasteiger partial charge in [0.15, 0.2) is 5.50 Å². The van der Waals surface area contributed by atoms with Crippen molar-refractivity contribution >= 4 is 59.0 Å². The van der Waals surface area contributed by atoms with E-state index in [9.17, 15) is 37.6 Å². The van der Waals surface area contributed by atoms with Crippen molar-refractivity contribution in [2.75, 3.05) is 53.2 Å². The zero-order valence-electron chi connectivity index (χ0n) is 34.5. The van der Waals surface area contributed by atoms with E-state index in [-0.39, 0.29) is 48.5 Å². The fourth-order valence-electron chi connectivity index (χ4n) is 8.48. The third kappa shape index (κ3) is 9.20. The van der Waals surface area contributed by atoms with Crippen LogP contribution in [0.15, 0.2) is 54.6 Å². The second kappa shape index (κ2) is 17.7. The van der Waals surface area contributed by atoms with E-state index in [1.807, 2.05) is 26.0 Å². The van der Waals surface area contributed by atoms with Gasteiger partial charge in [-0.3, -0.25) is 39.2 Å². The summed E-state index contributed by atoms with van der Waals surface area (Å²) in [5.74, 6) is -0.544. The Morgan fingerprint density at radius 3 is 2.40 bits per heavy atom. The zero-order valence-corrected chi connectivity index (χ0v) is 35.4. The van der Waals surface area contributed by atoms with Crippen LogP contribution >= 0.6 is 12.6 Å². The fourth-order valence-corrected chi connectivity index (χ4v) is 9.13. The number of ether oxygens (including phenoxy) is 1. The van der Waals surface area contributed by atoms with Crippen LogP contribution in [0.4, 0.5) is 35.9 Å². The van der Waals surface area contributed by atoms with Crippen LogP contribution in [0, 0.1) is 18.3 Å². The first-order valence-electron chi connectivity index (χ1n) is 20.0. The van der Waals surface area contributed by atoms with Crippen LogP contribution < -0.4 is 30.5 Å². The van der Waals surface area contributed by atoms with Crippen molar-refractivity contribution in [3.8, 4) is 11.8 Å². The zero-order chi connectivity index (χ0) is 43.7. The van der Waals surface area contributed by atoms with Gasteiger partial charge < -0.3 is 20.3 Å². The molecule has 3 aromatic rings. The Balaban J connectivity index is 1.05. The highest BCUT2D eigenvalue weighted by Crippen LogP contribution is 2.44. The minimum atomic E-state index is -4.78. The number of amides is 4. The van der Waals surface area contributed by atoms with E-state index >= 15 is 0 Å². The molecule has 3 aliphatic rings. The lowest BCUT2D eigenvalue weighted by Crippen LogP contribution is -2.58. The first-order valence-corrected chi connectivity index (χ1v) is 20.5. The van der Waals surface area contributed by atoms with E-state index in [2.05, 4.69) is 39.6 Å². The van der Waals surface area contributed by atoms with Gasteiger partial charge in [-0.1, -0.05) is 13.0 Å². The Morgan fingerprint density at radius 1 is 1.05 bits per heavy atom. The molecule has 3 aromatic carbocycles. The number of halogens is 3. The van der Waals surface area contributed by atoms with E-state index in [1.54, 1.807) is 49.1 Å². The predicted octanol–water partition coefficient (Wildman–Crippen LogP) is 5.92. The summed E-state index contributed by atoms with van der Waals surface area (Å²) >= 11 is 4.78. The standard InChI is InChI=1S/C43H51F3N8O5S/c1-7-32-27(4)35(54-41(60)53(40(58)42(54,5)6)31-12-11-28(21-47)33(20-31)43(44,45)46)14-15-36(32)59-18-17-51-22-25(2)52(26(3)23-51)24-38(56)49-30-10-8-9-29(19-30)48-34-13-16-37(55)50-39(34)57/h8-12,14-15,19-20,25-26,34,41,48,60H,7,13,16-18,22-24H2,1-6H3,(H,49,56)(H,50,55,57)/t25-,26+,34?,41?. The second-order valence-corrected chi connectivity index (χ2v) is 16.5.